The predicted octanol–water partition coefficient (Wildman–Crippen LogP) is 2.39. The molecule has 0 saturated heterocycles. The van der Waals surface area contributed by atoms with Crippen LogP contribution in [0.5, 0.6) is 11.5 Å². The van der Waals surface area contributed by atoms with Crippen molar-refractivity contribution >= 4 is 11.5 Å². The lowest BCUT2D eigenvalue weighted by Crippen LogP contribution is -2.00. The minimum Gasteiger partial charge on any atom is -0.508 e. The Morgan fingerprint density at radius 1 is 1.31 bits per heavy atom. The molecule has 0 amide bonds. The van der Waals surface area contributed by atoms with Crippen LogP contribution in [0.4, 0.5) is 5.69 Å². The number of ketones is 1. The van der Waals surface area contributed by atoms with E-state index in [9.17, 15) is 4.79 Å². The van der Waals surface area contributed by atoms with Gasteiger partial charge < -0.3 is 9.47 Å². The lowest BCUT2D eigenvalue weighted by molar-refractivity contribution is -0.116. The van der Waals surface area contributed by atoms with Gasteiger partial charge in [-0.25, -0.2) is 4.85 Å². The minimum atomic E-state index is 0.0379. The van der Waals surface area contributed by atoms with Crippen LogP contribution in [-0.4, -0.2) is 20.0 Å². The highest BCUT2D eigenvalue weighted by atomic mass is 16.5. The number of hydrogen-bond donors (Lipinski definition) is 0. The van der Waals surface area contributed by atoms with Crippen LogP contribution in [0.1, 0.15) is 12.5 Å². The van der Waals surface area contributed by atoms with E-state index in [0.717, 1.165) is 5.56 Å². The van der Waals surface area contributed by atoms with E-state index in [1.54, 1.807) is 12.1 Å². The van der Waals surface area contributed by atoms with Gasteiger partial charge in [-0.3, -0.25) is 4.79 Å². The standard InChI is InChI=1S/C12H13NO3/c1-8(14)5-9-6-12(16-4)10(13-2)7-11(9)15-3/h6-7H,5H2,1,3-4H3. The molecule has 84 valence electrons. The zero-order chi connectivity index (χ0) is 12.1. The fourth-order valence-electron chi connectivity index (χ4n) is 1.44. The van der Waals surface area contributed by atoms with Crippen LogP contribution < -0.4 is 9.47 Å². The van der Waals surface area contributed by atoms with Gasteiger partial charge in [0.05, 0.1) is 20.8 Å². The minimum absolute atomic E-state index is 0.0379. The van der Waals surface area contributed by atoms with Crippen molar-refractivity contribution in [1.29, 1.82) is 0 Å². The summed E-state index contributed by atoms with van der Waals surface area (Å²) in [5.41, 5.74) is 1.12. The highest BCUT2D eigenvalue weighted by molar-refractivity contribution is 5.80. The Balaban J connectivity index is 3.27. The van der Waals surface area contributed by atoms with Gasteiger partial charge in [0.15, 0.2) is 0 Å². The van der Waals surface area contributed by atoms with Gasteiger partial charge in [0.25, 0.3) is 0 Å². The molecule has 1 rings (SSSR count). The fourth-order valence-corrected chi connectivity index (χ4v) is 1.44. The summed E-state index contributed by atoms with van der Waals surface area (Å²) in [7, 11) is 3.01. The first-order chi connectivity index (χ1) is 7.62. The summed E-state index contributed by atoms with van der Waals surface area (Å²) in [6, 6.07) is 3.26. The Morgan fingerprint density at radius 2 is 1.94 bits per heavy atom. The molecule has 0 radical (unpaired) electrons. The summed E-state index contributed by atoms with van der Waals surface area (Å²) in [6.45, 7) is 8.50. The van der Waals surface area contributed by atoms with E-state index in [1.807, 2.05) is 0 Å². The molecule has 0 fully saturated rings. The number of nitrogens with zero attached hydrogens (tertiary/aromatic N) is 1. The molecule has 0 unspecified atom stereocenters. The average Bonchev–Trinajstić information content (AvgIpc) is 2.27. The van der Waals surface area contributed by atoms with E-state index in [2.05, 4.69) is 4.85 Å². The predicted molar refractivity (Wildman–Crippen MR) is 60.2 cm³/mol. The Bertz CT molecular complexity index is 446. The maximum atomic E-state index is 11.1. The molecule has 0 aliphatic carbocycles. The molecule has 0 spiro atoms. The van der Waals surface area contributed by atoms with Gasteiger partial charge in [-0.15, -0.1) is 0 Å². The number of rotatable bonds is 4. The zero-order valence-electron chi connectivity index (χ0n) is 9.53. The van der Waals surface area contributed by atoms with Crippen LogP contribution in [0, 0.1) is 6.57 Å². The molecule has 4 heteroatoms. The van der Waals surface area contributed by atoms with E-state index >= 15 is 0 Å². The van der Waals surface area contributed by atoms with Gasteiger partial charge in [-0.1, -0.05) is 0 Å². The number of benzene rings is 1. The molecule has 0 bridgehead atoms. The quantitative estimate of drug-likeness (QED) is 0.730. The van der Waals surface area contributed by atoms with Gasteiger partial charge >= 0.3 is 0 Å². The number of carbonyl (C=O) groups is 1. The van der Waals surface area contributed by atoms with Crippen molar-refractivity contribution in [2.45, 2.75) is 13.3 Å². The van der Waals surface area contributed by atoms with Crippen molar-refractivity contribution in [3.63, 3.8) is 0 Å². The number of methoxy groups -OCH3 is 2. The molecular formula is C12H13NO3. The SMILES string of the molecule is [C-]#[N+]c1cc(OC)c(CC(C)=O)cc1OC. The van der Waals surface area contributed by atoms with Gasteiger partial charge in [0.1, 0.15) is 17.3 Å². The van der Waals surface area contributed by atoms with Crippen LogP contribution in [0.15, 0.2) is 12.1 Å². The molecule has 16 heavy (non-hydrogen) atoms. The third kappa shape index (κ3) is 2.51. The number of ether oxygens (including phenoxy) is 2. The van der Waals surface area contributed by atoms with Crippen LogP contribution in [0.25, 0.3) is 4.85 Å². The average molecular weight is 219 g/mol. The molecule has 0 heterocycles. The van der Waals surface area contributed by atoms with E-state index in [0.29, 0.717) is 17.2 Å². The first kappa shape index (κ1) is 12.1. The lowest BCUT2D eigenvalue weighted by Gasteiger charge is -2.11. The third-order valence-corrected chi connectivity index (χ3v) is 2.14. The Kier molecular flexibility index (Phi) is 3.90. The number of hydrogen-bond acceptors (Lipinski definition) is 3. The van der Waals surface area contributed by atoms with Gasteiger partial charge in [-0.05, 0) is 19.1 Å². The second-order valence-corrected chi connectivity index (χ2v) is 3.33. The number of Topliss-reactive ketones (excluding diaryl/α,β-unsaturated/α-hetero) is 1. The maximum absolute atomic E-state index is 11.1. The molecule has 0 aliphatic rings. The molecule has 0 aliphatic heterocycles. The maximum Gasteiger partial charge on any atom is 0.231 e. The van der Waals surface area contributed by atoms with Crippen LogP contribution in [0.3, 0.4) is 0 Å². The molecule has 4 nitrogen and oxygen atoms in total. The molecule has 1 aromatic carbocycles. The summed E-state index contributed by atoms with van der Waals surface area (Å²) in [5.74, 6) is 1.05. The van der Waals surface area contributed by atoms with E-state index in [4.69, 9.17) is 16.0 Å². The largest absolute Gasteiger partial charge is 0.508 e. The summed E-state index contributed by atoms with van der Waals surface area (Å²) in [6.07, 6.45) is 0.276. The van der Waals surface area contributed by atoms with Crippen LogP contribution in [0.2, 0.25) is 0 Å². The van der Waals surface area contributed by atoms with Crippen molar-refractivity contribution < 1.29 is 14.3 Å². The van der Waals surface area contributed by atoms with Crippen molar-refractivity contribution in [3.05, 3.63) is 29.1 Å². The fraction of sp³-hybridized carbons (Fsp3) is 0.333. The highest BCUT2D eigenvalue weighted by Crippen LogP contribution is 2.35. The Morgan fingerprint density at radius 3 is 2.38 bits per heavy atom. The van der Waals surface area contributed by atoms with Crippen LogP contribution >= 0.6 is 0 Å². The second kappa shape index (κ2) is 5.17. The molecule has 0 N–H and O–H groups in total. The summed E-state index contributed by atoms with van der Waals surface area (Å²) in [4.78, 5) is 14.4. The Labute approximate surface area is 94.6 Å². The lowest BCUT2D eigenvalue weighted by atomic mass is 10.1. The smallest absolute Gasteiger partial charge is 0.231 e. The van der Waals surface area contributed by atoms with Crippen molar-refractivity contribution in [2.24, 2.45) is 0 Å². The van der Waals surface area contributed by atoms with Gasteiger partial charge in [0, 0.05) is 12.0 Å². The van der Waals surface area contributed by atoms with E-state index < -0.39 is 0 Å². The summed E-state index contributed by atoms with van der Waals surface area (Å²) in [5, 5.41) is 0. The van der Waals surface area contributed by atoms with E-state index in [1.165, 1.54) is 21.1 Å². The normalized spacial score (nSPS) is 9.38. The van der Waals surface area contributed by atoms with Gasteiger partial charge in [0.2, 0.25) is 5.69 Å². The molecule has 0 saturated carbocycles. The summed E-state index contributed by atoms with van der Waals surface area (Å²) < 4.78 is 10.2. The second-order valence-electron chi connectivity index (χ2n) is 3.33. The molecule has 0 atom stereocenters. The third-order valence-electron chi connectivity index (χ3n) is 2.14. The number of carbonyl (C=O) groups excluding carboxylic acids is 1. The van der Waals surface area contributed by atoms with Crippen molar-refractivity contribution in [2.75, 3.05) is 14.2 Å². The first-order valence-corrected chi connectivity index (χ1v) is 4.74. The highest BCUT2D eigenvalue weighted by Gasteiger charge is 2.12. The topological polar surface area (TPSA) is 39.9 Å². The van der Waals surface area contributed by atoms with Crippen molar-refractivity contribution in [3.8, 4) is 11.5 Å². The monoisotopic (exact) mass is 219 g/mol. The Hall–Kier alpha value is -2.02. The van der Waals surface area contributed by atoms with Crippen molar-refractivity contribution in [1.82, 2.24) is 0 Å². The van der Waals surface area contributed by atoms with Gasteiger partial charge in [-0.2, -0.15) is 0 Å². The molecule has 0 aromatic heterocycles. The van der Waals surface area contributed by atoms with E-state index in [-0.39, 0.29) is 12.2 Å². The summed E-state index contributed by atoms with van der Waals surface area (Å²) >= 11 is 0. The first-order valence-electron chi connectivity index (χ1n) is 4.74. The molecule has 1 aromatic rings. The van der Waals surface area contributed by atoms with Crippen LogP contribution in [-0.2, 0) is 11.2 Å². The zero-order valence-corrected chi connectivity index (χ0v) is 9.53. The molecular weight excluding hydrogens is 206 g/mol.